The highest BCUT2D eigenvalue weighted by Gasteiger charge is 2.25. The van der Waals surface area contributed by atoms with Gasteiger partial charge in [0.05, 0.1) is 5.92 Å². The van der Waals surface area contributed by atoms with E-state index in [0.29, 0.717) is 6.42 Å². The number of hydrogen-bond acceptors (Lipinski definition) is 2. The molecule has 2 amide bonds. The molecular weight excluding hydrogens is 232 g/mol. The van der Waals surface area contributed by atoms with E-state index < -0.39 is 11.9 Å². The first-order valence-electron chi connectivity index (χ1n) is 6.55. The number of amides is 2. The Bertz CT molecular complexity index is 306. The van der Waals surface area contributed by atoms with Crippen LogP contribution in [0, 0.1) is 11.3 Å². The third-order valence-electron chi connectivity index (χ3n) is 3.16. The van der Waals surface area contributed by atoms with Gasteiger partial charge in [0.2, 0.25) is 0 Å². The molecule has 0 aromatic carbocycles. The molecule has 104 valence electrons. The van der Waals surface area contributed by atoms with Gasteiger partial charge in [0.25, 0.3) is 0 Å². The lowest BCUT2D eigenvalue weighted by molar-refractivity contribution is -0.142. The highest BCUT2D eigenvalue weighted by molar-refractivity contribution is 5.76. The van der Waals surface area contributed by atoms with Gasteiger partial charge in [-0.15, -0.1) is 0 Å². The number of aliphatic carboxylic acids is 1. The fourth-order valence-electron chi connectivity index (χ4n) is 1.99. The van der Waals surface area contributed by atoms with Crippen LogP contribution in [-0.2, 0) is 4.79 Å². The van der Waals surface area contributed by atoms with E-state index in [-0.39, 0.29) is 24.0 Å². The first-order valence-corrected chi connectivity index (χ1v) is 6.55. The number of carbonyl (C=O) groups excluding carboxylic acids is 1. The van der Waals surface area contributed by atoms with Crippen molar-refractivity contribution in [2.45, 2.75) is 52.5 Å². The summed E-state index contributed by atoms with van der Waals surface area (Å²) < 4.78 is 0. The van der Waals surface area contributed by atoms with E-state index in [4.69, 9.17) is 5.11 Å². The second-order valence-electron chi connectivity index (χ2n) is 6.28. The number of rotatable bonds is 5. The summed E-state index contributed by atoms with van der Waals surface area (Å²) >= 11 is 0. The number of nitrogens with one attached hydrogen (secondary N) is 2. The standard InChI is InChI=1S/C13H24N2O3/c1-13(2,3)7-9(11(16)17)8-14-12(18)15-10-5-4-6-10/h9-10H,4-8H2,1-3H3,(H,16,17)(H2,14,15,18). The second-order valence-corrected chi connectivity index (χ2v) is 6.28. The van der Waals surface area contributed by atoms with E-state index >= 15 is 0 Å². The molecule has 3 N–H and O–H groups in total. The number of carboxylic acids is 1. The van der Waals surface area contributed by atoms with Crippen molar-refractivity contribution in [2.75, 3.05) is 6.54 Å². The molecule has 5 nitrogen and oxygen atoms in total. The Balaban J connectivity index is 2.32. The van der Waals surface area contributed by atoms with Crippen molar-refractivity contribution in [1.82, 2.24) is 10.6 Å². The van der Waals surface area contributed by atoms with Crippen molar-refractivity contribution in [3.05, 3.63) is 0 Å². The molecular formula is C13H24N2O3. The normalized spacial score (nSPS) is 17.7. The molecule has 18 heavy (non-hydrogen) atoms. The van der Waals surface area contributed by atoms with Gasteiger partial charge in [0.15, 0.2) is 0 Å². The summed E-state index contributed by atoms with van der Waals surface area (Å²) in [5, 5.41) is 14.6. The Hall–Kier alpha value is -1.26. The minimum atomic E-state index is -0.853. The van der Waals surface area contributed by atoms with Crippen molar-refractivity contribution in [1.29, 1.82) is 0 Å². The number of carbonyl (C=O) groups is 2. The molecule has 1 aliphatic carbocycles. The van der Waals surface area contributed by atoms with Gasteiger partial charge >= 0.3 is 12.0 Å². The van der Waals surface area contributed by atoms with Crippen LogP contribution >= 0.6 is 0 Å². The van der Waals surface area contributed by atoms with Crippen LogP contribution < -0.4 is 10.6 Å². The van der Waals surface area contributed by atoms with Gasteiger partial charge in [0, 0.05) is 12.6 Å². The van der Waals surface area contributed by atoms with E-state index in [2.05, 4.69) is 10.6 Å². The Morgan fingerprint density at radius 1 is 1.33 bits per heavy atom. The van der Waals surface area contributed by atoms with Crippen molar-refractivity contribution in [3.8, 4) is 0 Å². The zero-order valence-corrected chi connectivity index (χ0v) is 11.5. The van der Waals surface area contributed by atoms with Crippen molar-refractivity contribution in [3.63, 3.8) is 0 Å². The molecule has 1 unspecified atom stereocenters. The monoisotopic (exact) mass is 256 g/mol. The molecule has 1 rings (SSSR count). The summed E-state index contributed by atoms with van der Waals surface area (Å²) in [6.45, 7) is 6.18. The summed E-state index contributed by atoms with van der Waals surface area (Å²) in [6.07, 6.45) is 3.76. The first-order chi connectivity index (χ1) is 8.28. The van der Waals surface area contributed by atoms with Crippen molar-refractivity contribution < 1.29 is 14.7 Å². The van der Waals surface area contributed by atoms with E-state index in [1.54, 1.807) is 0 Å². The molecule has 0 spiro atoms. The summed E-state index contributed by atoms with van der Waals surface area (Å²) in [7, 11) is 0. The zero-order chi connectivity index (χ0) is 13.8. The quantitative estimate of drug-likeness (QED) is 0.703. The summed E-state index contributed by atoms with van der Waals surface area (Å²) in [5.74, 6) is -1.38. The van der Waals surface area contributed by atoms with Crippen LogP contribution in [0.1, 0.15) is 46.5 Å². The average Bonchev–Trinajstić information content (AvgIpc) is 2.16. The van der Waals surface area contributed by atoms with E-state index in [1.165, 1.54) is 0 Å². The zero-order valence-electron chi connectivity index (χ0n) is 11.5. The lowest BCUT2D eigenvalue weighted by Crippen LogP contribution is -2.47. The minimum Gasteiger partial charge on any atom is -0.481 e. The van der Waals surface area contributed by atoms with Crippen molar-refractivity contribution >= 4 is 12.0 Å². The SMILES string of the molecule is CC(C)(C)CC(CNC(=O)NC1CCC1)C(=O)O. The van der Waals surface area contributed by atoms with Crippen LogP contribution in [0.3, 0.4) is 0 Å². The van der Waals surface area contributed by atoms with E-state index in [0.717, 1.165) is 19.3 Å². The van der Waals surface area contributed by atoms with Gasteiger partial charge in [-0.1, -0.05) is 20.8 Å². The minimum absolute atomic E-state index is 0.0603. The summed E-state index contributed by atoms with van der Waals surface area (Å²) in [5.41, 5.74) is -0.0603. The topological polar surface area (TPSA) is 78.4 Å². The molecule has 1 aliphatic rings. The van der Waals surface area contributed by atoms with Gasteiger partial charge in [-0.3, -0.25) is 4.79 Å². The summed E-state index contributed by atoms with van der Waals surface area (Å²) in [4.78, 5) is 22.6. The van der Waals surface area contributed by atoms with Gasteiger partial charge in [0.1, 0.15) is 0 Å². The number of urea groups is 1. The van der Waals surface area contributed by atoms with E-state index in [9.17, 15) is 9.59 Å². The highest BCUT2D eigenvalue weighted by Crippen LogP contribution is 2.24. The number of hydrogen-bond donors (Lipinski definition) is 3. The molecule has 0 radical (unpaired) electrons. The number of carboxylic acid groups (broad SMARTS) is 1. The fourth-order valence-corrected chi connectivity index (χ4v) is 1.99. The van der Waals surface area contributed by atoms with Crippen LogP contribution in [0.4, 0.5) is 4.79 Å². The van der Waals surface area contributed by atoms with Crippen LogP contribution in [-0.4, -0.2) is 29.7 Å². The predicted octanol–water partition coefficient (Wildman–Crippen LogP) is 1.98. The third-order valence-corrected chi connectivity index (χ3v) is 3.16. The Morgan fingerprint density at radius 3 is 2.33 bits per heavy atom. The van der Waals surface area contributed by atoms with Crippen LogP contribution in [0.25, 0.3) is 0 Å². The Labute approximate surface area is 108 Å². The molecule has 0 aromatic rings. The second kappa shape index (κ2) is 6.07. The van der Waals surface area contributed by atoms with Gasteiger partial charge in [-0.2, -0.15) is 0 Å². The largest absolute Gasteiger partial charge is 0.481 e. The van der Waals surface area contributed by atoms with Crippen LogP contribution in [0.5, 0.6) is 0 Å². The van der Waals surface area contributed by atoms with Gasteiger partial charge in [-0.05, 0) is 31.1 Å². The Kier molecular flexibility index (Phi) is 4.99. The molecule has 0 heterocycles. The molecule has 1 fully saturated rings. The first kappa shape index (κ1) is 14.8. The highest BCUT2D eigenvalue weighted by atomic mass is 16.4. The lowest BCUT2D eigenvalue weighted by Gasteiger charge is -2.27. The maximum Gasteiger partial charge on any atom is 0.315 e. The maximum absolute atomic E-state index is 11.5. The lowest BCUT2D eigenvalue weighted by atomic mass is 9.84. The maximum atomic E-state index is 11.5. The van der Waals surface area contributed by atoms with Crippen LogP contribution in [0.2, 0.25) is 0 Å². The molecule has 0 saturated heterocycles. The van der Waals surface area contributed by atoms with E-state index in [1.807, 2.05) is 20.8 Å². The fraction of sp³-hybridized carbons (Fsp3) is 0.846. The summed E-state index contributed by atoms with van der Waals surface area (Å²) in [6, 6.07) is 0.0238. The predicted molar refractivity (Wildman–Crippen MR) is 69.4 cm³/mol. The van der Waals surface area contributed by atoms with Crippen molar-refractivity contribution in [2.24, 2.45) is 11.3 Å². The molecule has 5 heteroatoms. The molecule has 0 aromatic heterocycles. The molecule has 0 aliphatic heterocycles. The Morgan fingerprint density at radius 2 is 1.94 bits per heavy atom. The molecule has 0 bridgehead atoms. The molecule has 1 saturated carbocycles. The third kappa shape index (κ3) is 5.38. The average molecular weight is 256 g/mol. The molecule has 1 atom stereocenters. The smallest absolute Gasteiger partial charge is 0.315 e. The van der Waals surface area contributed by atoms with Gasteiger partial charge < -0.3 is 15.7 Å². The van der Waals surface area contributed by atoms with Gasteiger partial charge in [-0.25, -0.2) is 4.79 Å². The van der Waals surface area contributed by atoms with Crippen LogP contribution in [0.15, 0.2) is 0 Å².